The molecule has 0 amide bonds. The molecule has 0 saturated carbocycles. The van der Waals surface area contributed by atoms with Crippen molar-refractivity contribution in [2.24, 2.45) is 5.92 Å². The SMILES string of the molecule is CCCC1CCN(c2nc(C)nc(Cl)c2C)C1. The van der Waals surface area contributed by atoms with Gasteiger partial charge in [-0.05, 0) is 32.6 Å². The molecule has 1 aromatic rings. The lowest BCUT2D eigenvalue weighted by Crippen LogP contribution is -2.22. The number of aromatic nitrogens is 2. The number of rotatable bonds is 3. The second-order valence-electron chi connectivity index (χ2n) is 4.90. The fourth-order valence-corrected chi connectivity index (χ4v) is 2.76. The Labute approximate surface area is 108 Å². The third-order valence-electron chi connectivity index (χ3n) is 3.45. The Hall–Kier alpha value is -0.830. The largest absolute Gasteiger partial charge is 0.356 e. The number of aryl methyl sites for hydroxylation is 1. The van der Waals surface area contributed by atoms with Gasteiger partial charge in [0.1, 0.15) is 16.8 Å². The highest BCUT2D eigenvalue weighted by Gasteiger charge is 2.24. The average molecular weight is 254 g/mol. The Morgan fingerprint density at radius 1 is 1.35 bits per heavy atom. The first-order valence-electron chi connectivity index (χ1n) is 6.37. The fraction of sp³-hybridized carbons (Fsp3) is 0.692. The first-order valence-corrected chi connectivity index (χ1v) is 6.75. The van der Waals surface area contributed by atoms with E-state index in [9.17, 15) is 0 Å². The highest BCUT2D eigenvalue weighted by atomic mass is 35.5. The van der Waals surface area contributed by atoms with E-state index in [2.05, 4.69) is 21.8 Å². The molecule has 17 heavy (non-hydrogen) atoms. The molecule has 94 valence electrons. The summed E-state index contributed by atoms with van der Waals surface area (Å²) >= 11 is 6.12. The van der Waals surface area contributed by atoms with Crippen LogP contribution in [0, 0.1) is 19.8 Å². The molecule has 4 heteroatoms. The lowest BCUT2D eigenvalue weighted by atomic mass is 10.0. The summed E-state index contributed by atoms with van der Waals surface area (Å²) < 4.78 is 0. The highest BCUT2D eigenvalue weighted by Crippen LogP contribution is 2.29. The van der Waals surface area contributed by atoms with Crippen LogP contribution in [0.2, 0.25) is 5.15 Å². The Morgan fingerprint density at radius 2 is 2.12 bits per heavy atom. The predicted molar refractivity (Wildman–Crippen MR) is 71.7 cm³/mol. The minimum Gasteiger partial charge on any atom is -0.356 e. The van der Waals surface area contributed by atoms with Gasteiger partial charge in [-0.25, -0.2) is 9.97 Å². The Morgan fingerprint density at radius 3 is 2.82 bits per heavy atom. The van der Waals surface area contributed by atoms with E-state index in [1.807, 2.05) is 13.8 Å². The van der Waals surface area contributed by atoms with Crippen LogP contribution in [-0.2, 0) is 0 Å². The Bertz CT molecular complexity index is 406. The van der Waals surface area contributed by atoms with E-state index >= 15 is 0 Å². The van der Waals surface area contributed by atoms with Crippen LogP contribution in [0.5, 0.6) is 0 Å². The van der Waals surface area contributed by atoms with E-state index in [0.717, 1.165) is 36.2 Å². The van der Waals surface area contributed by atoms with Crippen molar-refractivity contribution < 1.29 is 0 Å². The maximum absolute atomic E-state index is 6.12. The molecular formula is C13H20ClN3. The fourth-order valence-electron chi connectivity index (χ4n) is 2.56. The van der Waals surface area contributed by atoms with Crippen LogP contribution in [0.25, 0.3) is 0 Å². The minimum atomic E-state index is 0.589. The van der Waals surface area contributed by atoms with Crippen molar-refractivity contribution >= 4 is 17.4 Å². The zero-order chi connectivity index (χ0) is 12.4. The summed E-state index contributed by atoms with van der Waals surface area (Å²) in [6, 6.07) is 0. The molecule has 1 aromatic heterocycles. The third kappa shape index (κ3) is 2.71. The molecule has 1 unspecified atom stereocenters. The summed E-state index contributed by atoms with van der Waals surface area (Å²) in [4.78, 5) is 11.1. The normalized spacial score (nSPS) is 20.0. The number of hydrogen-bond acceptors (Lipinski definition) is 3. The van der Waals surface area contributed by atoms with Crippen molar-refractivity contribution in [2.45, 2.75) is 40.0 Å². The van der Waals surface area contributed by atoms with Crippen LogP contribution >= 0.6 is 11.6 Å². The van der Waals surface area contributed by atoms with Gasteiger partial charge in [-0.15, -0.1) is 0 Å². The second kappa shape index (κ2) is 5.21. The molecule has 1 aliphatic rings. The van der Waals surface area contributed by atoms with E-state index in [1.165, 1.54) is 19.3 Å². The topological polar surface area (TPSA) is 29.0 Å². The summed E-state index contributed by atoms with van der Waals surface area (Å²) in [6.07, 6.45) is 3.85. The van der Waals surface area contributed by atoms with Gasteiger partial charge in [0, 0.05) is 18.7 Å². The van der Waals surface area contributed by atoms with E-state index in [-0.39, 0.29) is 0 Å². The van der Waals surface area contributed by atoms with Gasteiger partial charge in [-0.1, -0.05) is 24.9 Å². The zero-order valence-electron chi connectivity index (χ0n) is 10.8. The van der Waals surface area contributed by atoms with Gasteiger partial charge in [0.2, 0.25) is 0 Å². The average Bonchev–Trinajstić information content (AvgIpc) is 2.72. The molecular weight excluding hydrogens is 234 g/mol. The maximum atomic E-state index is 6.12. The van der Waals surface area contributed by atoms with Crippen molar-refractivity contribution in [1.29, 1.82) is 0 Å². The van der Waals surface area contributed by atoms with Crippen LogP contribution in [0.4, 0.5) is 5.82 Å². The maximum Gasteiger partial charge on any atom is 0.137 e. The molecule has 1 atom stereocenters. The minimum absolute atomic E-state index is 0.589. The zero-order valence-corrected chi connectivity index (χ0v) is 11.6. The summed E-state index contributed by atoms with van der Waals surface area (Å²) in [6.45, 7) is 8.36. The second-order valence-corrected chi connectivity index (χ2v) is 5.26. The van der Waals surface area contributed by atoms with E-state index in [4.69, 9.17) is 11.6 Å². The Balaban J connectivity index is 2.18. The van der Waals surface area contributed by atoms with Gasteiger partial charge in [0.15, 0.2) is 0 Å². The number of hydrogen-bond donors (Lipinski definition) is 0. The molecule has 0 N–H and O–H groups in total. The van der Waals surface area contributed by atoms with Crippen LogP contribution in [0.15, 0.2) is 0 Å². The molecule has 0 bridgehead atoms. The quantitative estimate of drug-likeness (QED) is 0.774. The first kappa shape index (κ1) is 12.6. The summed E-state index contributed by atoms with van der Waals surface area (Å²) in [5.41, 5.74) is 1.01. The molecule has 0 spiro atoms. The smallest absolute Gasteiger partial charge is 0.137 e. The van der Waals surface area contributed by atoms with E-state index in [0.29, 0.717) is 5.15 Å². The van der Waals surface area contributed by atoms with Crippen molar-refractivity contribution in [3.8, 4) is 0 Å². The van der Waals surface area contributed by atoms with Gasteiger partial charge in [0.05, 0.1) is 0 Å². The molecule has 1 saturated heterocycles. The third-order valence-corrected chi connectivity index (χ3v) is 3.82. The van der Waals surface area contributed by atoms with Gasteiger partial charge in [-0.3, -0.25) is 0 Å². The highest BCUT2D eigenvalue weighted by molar-refractivity contribution is 6.30. The van der Waals surface area contributed by atoms with Gasteiger partial charge < -0.3 is 4.90 Å². The van der Waals surface area contributed by atoms with Gasteiger partial charge in [-0.2, -0.15) is 0 Å². The monoisotopic (exact) mass is 253 g/mol. The molecule has 0 radical (unpaired) electrons. The van der Waals surface area contributed by atoms with Crippen LogP contribution in [-0.4, -0.2) is 23.1 Å². The molecule has 1 aliphatic heterocycles. The predicted octanol–water partition coefficient (Wildman–Crippen LogP) is 3.37. The number of halogens is 1. The van der Waals surface area contributed by atoms with E-state index < -0.39 is 0 Å². The van der Waals surface area contributed by atoms with Crippen molar-refractivity contribution in [3.05, 3.63) is 16.5 Å². The van der Waals surface area contributed by atoms with Gasteiger partial charge >= 0.3 is 0 Å². The van der Waals surface area contributed by atoms with Crippen LogP contribution in [0.1, 0.15) is 37.6 Å². The number of anilines is 1. The standard InChI is InChI=1S/C13H20ClN3/c1-4-5-11-6-7-17(8-11)13-9(2)12(14)15-10(3)16-13/h11H,4-8H2,1-3H3. The van der Waals surface area contributed by atoms with Crippen LogP contribution < -0.4 is 4.90 Å². The van der Waals surface area contributed by atoms with Crippen molar-refractivity contribution in [1.82, 2.24) is 9.97 Å². The molecule has 1 fully saturated rings. The Kier molecular flexibility index (Phi) is 3.87. The molecule has 0 aliphatic carbocycles. The first-order chi connectivity index (χ1) is 8.11. The van der Waals surface area contributed by atoms with Gasteiger partial charge in [0.25, 0.3) is 0 Å². The summed E-state index contributed by atoms with van der Waals surface area (Å²) in [5, 5.41) is 0.589. The molecule has 2 rings (SSSR count). The summed E-state index contributed by atoms with van der Waals surface area (Å²) in [5.74, 6) is 2.60. The van der Waals surface area contributed by atoms with Crippen molar-refractivity contribution in [3.63, 3.8) is 0 Å². The van der Waals surface area contributed by atoms with E-state index in [1.54, 1.807) is 0 Å². The molecule has 3 nitrogen and oxygen atoms in total. The summed E-state index contributed by atoms with van der Waals surface area (Å²) in [7, 11) is 0. The molecule has 0 aromatic carbocycles. The lowest BCUT2D eigenvalue weighted by Gasteiger charge is -2.20. The lowest BCUT2D eigenvalue weighted by molar-refractivity contribution is 0.529. The molecule has 2 heterocycles. The van der Waals surface area contributed by atoms with Crippen LogP contribution in [0.3, 0.4) is 0 Å². The van der Waals surface area contributed by atoms with Crippen molar-refractivity contribution in [2.75, 3.05) is 18.0 Å². The number of nitrogens with zero attached hydrogens (tertiary/aromatic N) is 3.